The van der Waals surface area contributed by atoms with Gasteiger partial charge < -0.3 is 10.1 Å². The lowest BCUT2D eigenvalue weighted by molar-refractivity contribution is 0.318. The molecule has 4 nitrogen and oxygen atoms in total. The van der Waals surface area contributed by atoms with E-state index in [0.717, 1.165) is 18.7 Å². The molecule has 1 N–H and O–H groups in total. The first kappa shape index (κ1) is 12.6. The largest absolute Gasteiger partial charge is 0.493 e. The number of hydrogen-bond acceptors (Lipinski definition) is 3. The Kier molecular flexibility index (Phi) is 4.36. The lowest BCUT2D eigenvalue weighted by Crippen LogP contribution is -2.06. The zero-order valence-corrected chi connectivity index (χ0v) is 10.9. The van der Waals surface area contributed by atoms with Crippen molar-refractivity contribution in [1.29, 1.82) is 0 Å². The quantitative estimate of drug-likeness (QED) is 0.843. The Labute approximate surface area is 108 Å². The molecule has 0 amide bonds. The summed E-state index contributed by atoms with van der Waals surface area (Å²) in [6.45, 7) is 1.56. The van der Waals surface area contributed by atoms with Gasteiger partial charge in [-0.15, -0.1) is 0 Å². The third-order valence-electron chi connectivity index (χ3n) is 2.85. The summed E-state index contributed by atoms with van der Waals surface area (Å²) in [5.41, 5.74) is 2.44. The number of benzene rings is 1. The number of nitrogens with zero attached hydrogens (tertiary/aromatic N) is 2. The molecule has 1 aromatic carbocycles. The van der Waals surface area contributed by atoms with E-state index >= 15 is 0 Å². The van der Waals surface area contributed by atoms with Crippen molar-refractivity contribution < 1.29 is 4.74 Å². The van der Waals surface area contributed by atoms with Crippen LogP contribution in [0, 0.1) is 0 Å². The average Bonchev–Trinajstić information content (AvgIpc) is 2.78. The molecular formula is C14H19N3O. The highest BCUT2D eigenvalue weighted by molar-refractivity contribution is 5.27. The van der Waals surface area contributed by atoms with Gasteiger partial charge in [-0.3, -0.25) is 4.68 Å². The number of ether oxygens (including phenoxy) is 1. The Bertz CT molecular complexity index is 476. The van der Waals surface area contributed by atoms with Crippen molar-refractivity contribution >= 4 is 0 Å². The molecule has 0 aliphatic carbocycles. The smallest absolute Gasteiger partial charge is 0.119 e. The summed E-state index contributed by atoms with van der Waals surface area (Å²) >= 11 is 0. The molecule has 0 fully saturated rings. The van der Waals surface area contributed by atoms with Crippen LogP contribution < -0.4 is 10.1 Å². The van der Waals surface area contributed by atoms with Crippen LogP contribution in [0.15, 0.2) is 36.5 Å². The van der Waals surface area contributed by atoms with Crippen LogP contribution >= 0.6 is 0 Å². The molecule has 2 rings (SSSR count). The first-order valence-corrected chi connectivity index (χ1v) is 6.13. The van der Waals surface area contributed by atoms with Crippen LogP contribution in [0.3, 0.4) is 0 Å². The third-order valence-corrected chi connectivity index (χ3v) is 2.85. The maximum atomic E-state index is 5.71. The lowest BCUT2D eigenvalue weighted by atomic mass is 10.2. The van der Waals surface area contributed by atoms with Gasteiger partial charge in [-0.1, -0.05) is 12.1 Å². The van der Waals surface area contributed by atoms with Gasteiger partial charge in [0.25, 0.3) is 0 Å². The summed E-state index contributed by atoms with van der Waals surface area (Å²) < 4.78 is 7.58. The van der Waals surface area contributed by atoms with Gasteiger partial charge in [-0.25, -0.2) is 0 Å². The van der Waals surface area contributed by atoms with E-state index < -0.39 is 0 Å². The van der Waals surface area contributed by atoms with Crippen LogP contribution in [-0.2, 0) is 20.0 Å². The molecule has 1 aromatic heterocycles. The normalized spacial score (nSPS) is 10.6. The molecule has 1 heterocycles. The maximum Gasteiger partial charge on any atom is 0.119 e. The fourth-order valence-corrected chi connectivity index (χ4v) is 1.83. The molecule has 0 saturated heterocycles. The second-order valence-electron chi connectivity index (χ2n) is 4.22. The molecule has 0 saturated carbocycles. The van der Waals surface area contributed by atoms with Crippen molar-refractivity contribution in [2.75, 3.05) is 13.7 Å². The van der Waals surface area contributed by atoms with Gasteiger partial charge in [0.15, 0.2) is 0 Å². The molecule has 0 spiro atoms. The van der Waals surface area contributed by atoms with Crippen LogP contribution in [-0.4, -0.2) is 23.4 Å². The summed E-state index contributed by atoms with van der Waals surface area (Å²) in [7, 11) is 3.89. The summed E-state index contributed by atoms with van der Waals surface area (Å²) in [5.74, 6) is 0.914. The Morgan fingerprint density at radius 3 is 2.61 bits per heavy atom. The fourth-order valence-electron chi connectivity index (χ4n) is 1.83. The van der Waals surface area contributed by atoms with E-state index in [-0.39, 0.29) is 0 Å². The number of rotatable bonds is 6. The number of nitrogens with one attached hydrogen (secondary N) is 1. The predicted octanol–water partition coefficient (Wildman–Crippen LogP) is 1.76. The summed E-state index contributed by atoms with van der Waals surface area (Å²) in [4.78, 5) is 0. The molecule has 4 heteroatoms. The molecule has 0 atom stereocenters. The maximum absolute atomic E-state index is 5.71. The molecule has 0 radical (unpaired) electrons. The third kappa shape index (κ3) is 3.34. The van der Waals surface area contributed by atoms with Crippen molar-refractivity contribution in [3.8, 4) is 5.75 Å². The Morgan fingerprint density at radius 1 is 1.22 bits per heavy atom. The fraction of sp³-hybridized carbons (Fsp3) is 0.357. The summed E-state index contributed by atoms with van der Waals surface area (Å²) in [5, 5.41) is 7.25. The van der Waals surface area contributed by atoms with E-state index in [9.17, 15) is 0 Å². The van der Waals surface area contributed by atoms with E-state index in [0.29, 0.717) is 6.61 Å². The van der Waals surface area contributed by atoms with Crippen LogP contribution in [0.5, 0.6) is 5.75 Å². The van der Waals surface area contributed by atoms with Crippen molar-refractivity contribution in [2.45, 2.75) is 13.0 Å². The van der Waals surface area contributed by atoms with Crippen molar-refractivity contribution in [3.63, 3.8) is 0 Å². The van der Waals surface area contributed by atoms with Crippen molar-refractivity contribution in [2.24, 2.45) is 7.05 Å². The topological polar surface area (TPSA) is 39.1 Å². The first-order valence-electron chi connectivity index (χ1n) is 6.13. The zero-order chi connectivity index (χ0) is 12.8. The second-order valence-corrected chi connectivity index (χ2v) is 4.22. The predicted molar refractivity (Wildman–Crippen MR) is 71.6 cm³/mol. The number of hydrogen-bond donors (Lipinski definition) is 1. The first-order chi connectivity index (χ1) is 8.79. The lowest BCUT2D eigenvalue weighted by Gasteiger charge is -2.07. The molecule has 0 unspecified atom stereocenters. The highest BCUT2D eigenvalue weighted by atomic mass is 16.5. The highest BCUT2D eigenvalue weighted by Gasteiger charge is 1.99. The Morgan fingerprint density at radius 2 is 2.00 bits per heavy atom. The van der Waals surface area contributed by atoms with Crippen molar-refractivity contribution in [3.05, 3.63) is 47.8 Å². The van der Waals surface area contributed by atoms with Crippen LogP contribution in [0.25, 0.3) is 0 Å². The second kappa shape index (κ2) is 6.21. The number of aryl methyl sites for hydroxylation is 1. The molecule has 0 bridgehead atoms. The van der Waals surface area contributed by atoms with E-state index in [2.05, 4.69) is 22.5 Å². The van der Waals surface area contributed by atoms with Gasteiger partial charge in [-0.2, -0.15) is 5.10 Å². The molecule has 2 aromatic rings. The van der Waals surface area contributed by atoms with E-state index in [4.69, 9.17) is 4.74 Å². The number of aromatic nitrogens is 2. The standard InChI is InChI=1S/C14H19N3O/c1-15-11-12-3-5-14(6-4-12)18-10-8-13-7-9-16-17(13)2/h3-7,9,15H,8,10-11H2,1-2H3. The molecule has 0 aliphatic heterocycles. The van der Waals surface area contributed by atoms with Crippen molar-refractivity contribution in [1.82, 2.24) is 15.1 Å². The average molecular weight is 245 g/mol. The van der Waals surface area contributed by atoms with Crippen LogP contribution in [0.4, 0.5) is 0 Å². The van der Waals surface area contributed by atoms with E-state index in [1.165, 1.54) is 11.3 Å². The minimum absolute atomic E-state index is 0.672. The highest BCUT2D eigenvalue weighted by Crippen LogP contribution is 2.12. The van der Waals surface area contributed by atoms with Crippen LogP contribution in [0.2, 0.25) is 0 Å². The van der Waals surface area contributed by atoms with Gasteiger partial charge in [-0.05, 0) is 30.8 Å². The monoisotopic (exact) mass is 245 g/mol. The molecular weight excluding hydrogens is 226 g/mol. The molecule has 0 aliphatic rings. The summed E-state index contributed by atoms with van der Waals surface area (Å²) in [6, 6.07) is 10.2. The van der Waals surface area contributed by atoms with Gasteiger partial charge in [0.05, 0.1) is 6.61 Å². The van der Waals surface area contributed by atoms with Gasteiger partial charge in [0.2, 0.25) is 0 Å². The zero-order valence-electron chi connectivity index (χ0n) is 10.9. The van der Waals surface area contributed by atoms with Gasteiger partial charge >= 0.3 is 0 Å². The SMILES string of the molecule is CNCc1ccc(OCCc2ccnn2C)cc1. The van der Waals surface area contributed by atoms with Gasteiger partial charge in [0.1, 0.15) is 5.75 Å². The molecule has 18 heavy (non-hydrogen) atoms. The van der Waals surface area contributed by atoms with E-state index in [1.54, 1.807) is 0 Å². The Hall–Kier alpha value is -1.81. The van der Waals surface area contributed by atoms with Crippen LogP contribution in [0.1, 0.15) is 11.3 Å². The van der Waals surface area contributed by atoms with Gasteiger partial charge in [0, 0.05) is 31.9 Å². The summed E-state index contributed by atoms with van der Waals surface area (Å²) in [6.07, 6.45) is 2.68. The molecule has 96 valence electrons. The minimum atomic E-state index is 0.672. The Balaban J connectivity index is 1.81. The minimum Gasteiger partial charge on any atom is -0.493 e. The van der Waals surface area contributed by atoms with E-state index in [1.807, 2.05) is 43.2 Å².